The van der Waals surface area contributed by atoms with Gasteiger partial charge in [0.2, 0.25) is 0 Å². The molecule has 0 radical (unpaired) electrons. The summed E-state index contributed by atoms with van der Waals surface area (Å²) in [7, 11) is 0. The van der Waals surface area contributed by atoms with Crippen molar-refractivity contribution in [1.29, 1.82) is 0 Å². The Morgan fingerprint density at radius 3 is 2.41 bits per heavy atom. The van der Waals surface area contributed by atoms with Crippen LogP contribution in [0.2, 0.25) is 0 Å². The SMILES string of the molecule is Cc1ccc(NC(=O)Nc2cccc(C(F)(F)F)c2)cc1Nc1ncccc1-c1ccncn1. The largest absolute Gasteiger partial charge is 0.416 e. The van der Waals surface area contributed by atoms with Crippen LogP contribution in [0.1, 0.15) is 11.1 Å². The van der Waals surface area contributed by atoms with Gasteiger partial charge in [-0.05, 0) is 61.0 Å². The molecular formula is C24H19F3N6O. The lowest BCUT2D eigenvalue weighted by atomic mass is 10.1. The molecule has 0 bridgehead atoms. The summed E-state index contributed by atoms with van der Waals surface area (Å²) in [5.74, 6) is 0.565. The minimum atomic E-state index is -4.50. The molecule has 34 heavy (non-hydrogen) atoms. The standard InChI is InChI=1S/C24H19F3N6O/c1-15-7-8-18(32-23(34)31-17-5-2-4-16(12-17)24(25,26)27)13-21(15)33-22-19(6-3-10-29-22)20-9-11-28-14-30-20/h2-14H,1H3,(H,29,33)(H2,31,32,34). The number of aromatic nitrogens is 3. The number of halogens is 3. The van der Waals surface area contributed by atoms with E-state index in [1.165, 1.54) is 18.5 Å². The summed E-state index contributed by atoms with van der Waals surface area (Å²) in [5.41, 5.74) is 2.66. The molecule has 0 spiro atoms. The average Bonchev–Trinajstić information content (AvgIpc) is 2.82. The third-order valence-corrected chi connectivity index (χ3v) is 4.86. The first-order valence-electron chi connectivity index (χ1n) is 10.1. The Bertz CT molecular complexity index is 1310. The molecule has 0 atom stereocenters. The zero-order valence-corrected chi connectivity index (χ0v) is 17.9. The van der Waals surface area contributed by atoms with Crippen LogP contribution < -0.4 is 16.0 Å². The molecule has 0 aliphatic heterocycles. The highest BCUT2D eigenvalue weighted by Crippen LogP contribution is 2.31. The van der Waals surface area contributed by atoms with Crippen molar-refractivity contribution in [3.05, 3.63) is 90.5 Å². The number of hydrogen-bond acceptors (Lipinski definition) is 5. The number of alkyl halides is 3. The third-order valence-electron chi connectivity index (χ3n) is 4.86. The highest BCUT2D eigenvalue weighted by molar-refractivity contribution is 6.00. The molecule has 3 N–H and O–H groups in total. The molecule has 2 heterocycles. The fourth-order valence-corrected chi connectivity index (χ4v) is 3.19. The maximum Gasteiger partial charge on any atom is 0.416 e. The minimum Gasteiger partial charge on any atom is -0.339 e. The maximum absolute atomic E-state index is 12.9. The van der Waals surface area contributed by atoms with E-state index in [0.717, 1.165) is 23.3 Å². The van der Waals surface area contributed by atoms with Gasteiger partial charge in [-0.15, -0.1) is 0 Å². The summed E-state index contributed by atoms with van der Waals surface area (Å²) < 4.78 is 38.7. The van der Waals surface area contributed by atoms with Crippen LogP contribution in [0, 0.1) is 6.92 Å². The first kappa shape index (κ1) is 22.7. The second kappa shape index (κ2) is 9.57. The molecule has 0 aliphatic carbocycles. The normalized spacial score (nSPS) is 11.1. The number of anilines is 4. The Morgan fingerprint density at radius 2 is 1.68 bits per heavy atom. The van der Waals surface area contributed by atoms with Crippen LogP contribution in [0.25, 0.3) is 11.3 Å². The number of carbonyl (C=O) groups is 1. The molecule has 4 rings (SSSR count). The highest BCUT2D eigenvalue weighted by atomic mass is 19.4. The van der Waals surface area contributed by atoms with Crippen molar-refractivity contribution in [2.45, 2.75) is 13.1 Å². The second-order valence-corrected chi connectivity index (χ2v) is 7.31. The van der Waals surface area contributed by atoms with E-state index in [2.05, 4.69) is 30.9 Å². The molecule has 0 saturated heterocycles. The predicted molar refractivity (Wildman–Crippen MR) is 124 cm³/mol. The lowest BCUT2D eigenvalue weighted by Crippen LogP contribution is -2.20. The van der Waals surface area contributed by atoms with E-state index in [1.807, 2.05) is 13.0 Å². The summed E-state index contributed by atoms with van der Waals surface area (Å²) in [6, 6.07) is 14.4. The van der Waals surface area contributed by atoms with E-state index < -0.39 is 17.8 Å². The van der Waals surface area contributed by atoms with Crippen molar-refractivity contribution < 1.29 is 18.0 Å². The summed E-state index contributed by atoms with van der Waals surface area (Å²) in [6.07, 6.45) is 0.234. The molecular weight excluding hydrogens is 445 g/mol. The summed E-state index contributed by atoms with van der Waals surface area (Å²) in [4.78, 5) is 25.0. The molecule has 0 unspecified atom stereocenters. The molecule has 2 amide bonds. The number of urea groups is 1. The minimum absolute atomic E-state index is 0.0285. The zero-order chi connectivity index (χ0) is 24.1. The van der Waals surface area contributed by atoms with Crippen molar-refractivity contribution in [3.8, 4) is 11.3 Å². The average molecular weight is 464 g/mol. The number of amides is 2. The van der Waals surface area contributed by atoms with E-state index in [9.17, 15) is 18.0 Å². The molecule has 172 valence electrons. The number of hydrogen-bond donors (Lipinski definition) is 3. The van der Waals surface area contributed by atoms with Gasteiger partial charge in [-0.3, -0.25) is 0 Å². The van der Waals surface area contributed by atoms with Crippen molar-refractivity contribution in [2.75, 3.05) is 16.0 Å². The molecule has 2 aromatic heterocycles. The van der Waals surface area contributed by atoms with Crippen LogP contribution >= 0.6 is 0 Å². The molecule has 0 fully saturated rings. The van der Waals surface area contributed by atoms with Crippen LogP contribution in [0.3, 0.4) is 0 Å². The van der Waals surface area contributed by atoms with Gasteiger partial charge in [0.05, 0.1) is 11.3 Å². The number of pyridine rings is 1. The lowest BCUT2D eigenvalue weighted by Gasteiger charge is -2.15. The third kappa shape index (κ3) is 5.47. The Labute approximate surface area is 193 Å². The summed E-state index contributed by atoms with van der Waals surface area (Å²) in [5, 5.41) is 8.31. The van der Waals surface area contributed by atoms with E-state index in [4.69, 9.17) is 0 Å². The van der Waals surface area contributed by atoms with Gasteiger partial charge in [0.1, 0.15) is 12.1 Å². The van der Waals surface area contributed by atoms with E-state index >= 15 is 0 Å². The Kier molecular flexibility index (Phi) is 6.39. The first-order valence-corrected chi connectivity index (χ1v) is 10.1. The van der Waals surface area contributed by atoms with Gasteiger partial charge in [0.25, 0.3) is 0 Å². The summed E-state index contributed by atoms with van der Waals surface area (Å²) >= 11 is 0. The fraction of sp³-hybridized carbons (Fsp3) is 0.0833. The monoisotopic (exact) mass is 464 g/mol. The number of nitrogens with zero attached hydrogens (tertiary/aromatic N) is 3. The van der Waals surface area contributed by atoms with Gasteiger partial charge < -0.3 is 16.0 Å². The van der Waals surface area contributed by atoms with E-state index in [1.54, 1.807) is 42.7 Å². The van der Waals surface area contributed by atoms with Crippen LogP contribution in [0.15, 0.2) is 79.4 Å². The van der Waals surface area contributed by atoms with Crippen LogP contribution in [-0.4, -0.2) is 21.0 Å². The maximum atomic E-state index is 12.9. The first-order chi connectivity index (χ1) is 16.3. The number of nitrogens with one attached hydrogen (secondary N) is 3. The smallest absolute Gasteiger partial charge is 0.339 e. The molecule has 4 aromatic rings. The van der Waals surface area contributed by atoms with E-state index in [-0.39, 0.29) is 5.69 Å². The van der Waals surface area contributed by atoms with Gasteiger partial charge in [0, 0.05) is 35.0 Å². The Hall–Kier alpha value is -4.47. The Morgan fingerprint density at radius 1 is 0.882 bits per heavy atom. The Balaban J connectivity index is 1.51. The van der Waals surface area contributed by atoms with Gasteiger partial charge >= 0.3 is 12.2 Å². The fourth-order valence-electron chi connectivity index (χ4n) is 3.19. The van der Waals surface area contributed by atoms with Crippen molar-refractivity contribution >= 4 is 28.9 Å². The lowest BCUT2D eigenvalue weighted by molar-refractivity contribution is -0.137. The van der Waals surface area contributed by atoms with Crippen molar-refractivity contribution in [1.82, 2.24) is 15.0 Å². The molecule has 0 aliphatic rings. The highest BCUT2D eigenvalue weighted by Gasteiger charge is 2.30. The second-order valence-electron chi connectivity index (χ2n) is 7.31. The van der Waals surface area contributed by atoms with Crippen molar-refractivity contribution in [3.63, 3.8) is 0 Å². The zero-order valence-electron chi connectivity index (χ0n) is 17.9. The number of aryl methyl sites for hydroxylation is 1. The molecule has 0 saturated carbocycles. The number of carbonyl (C=O) groups excluding carboxylic acids is 1. The molecule has 7 nitrogen and oxygen atoms in total. The van der Waals surface area contributed by atoms with Crippen LogP contribution in [0.4, 0.5) is 40.8 Å². The van der Waals surface area contributed by atoms with Crippen LogP contribution in [0.5, 0.6) is 0 Å². The number of rotatable bonds is 5. The number of benzene rings is 2. The molecule has 2 aromatic carbocycles. The van der Waals surface area contributed by atoms with Gasteiger partial charge in [-0.1, -0.05) is 12.1 Å². The van der Waals surface area contributed by atoms with Crippen molar-refractivity contribution in [2.24, 2.45) is 0 Å². The topological polar surface area (TPSA) is 91.8 Å². The van der Waals surface area contributed by atoms with Gasteiger partial charge in [-0.25, -0.2) is 19.7 Å². The van der Waals surface area contributed by atoms with E-state index in [0.29, 0.717) is 22.9 Å². The van der Waals surface area contributed by atoms with Gasteiger partial charge in [-0.2, -0.15) is 13.2 Å². The molecule has 10 heteroatoms. The summed E-state index contributed by atoms with van der Waals surface area (Å²) in [6.45, 7) is 1.89. The quantitative estimate of drug-likeness (QED) is 0.325. The van der Waals surface area contributed by atoms with Crippen LogP contribution in [-0.2, 0) is 6.18 Å². The predicted octanol–water partition coefficient (Wildman–Crippen LogP) is 6.25. The van der Waals surface area contributed by atoms with Gasteiger partial charge in [0.15, 0.2) is 0 Å².